The fourth-order valence-corrected chi connectivity index (χ4v) is 2.81. The minimum Gasteiger partial charge on any atom is -0.311 e. The Labute approximate surface area is 106 Å². The zero-order valence-electron chi connectivity index (χ0n) is 11.4. The molecule has 17 heavy (non-hydrogen) atoms. The van der Waals surface area contributed by atoms with Gasteiger partial charge in [0.05, 0.1) is 0 Å². The molecule has 0 amide bonds. The summed E-state index contributed by atoms with van der Waals surface area (Å²) in [5.74, 6) is 0. The first-order valence-corrected chi connectivity index (χ1v) is 6.89. The Morgan fingerprint density at radius 3 is 2.41 bits per heavy atom. The molecule has 1 N–H and O–H groups in total. The molecule has 1 unspecified atom stereocenters. The smallest absolute Gasteiger partial charge is 0.00695 e. The van der Waals surface area contributed by atoms with Crippen LogP contribution in [0.3, 0.4) is 0 Å². The normalized spacial score (nSPS) is 18.8. The van der Waals surface area contributed by atoms with E-state index < -0.39 is 0 Å². The van der Waals surface area contributed by atoms with Crippen molar-refractivity contribution in [2.45, 2.75) is 64.0 Å². The second-order valence-electron chi connectivity index (χ2n) is 6.15. The highest BCUT2D eigenvalue weighted by atomic mass is 15.0. The summed E-state index contributed by atoms with van der Waals surface area (Å²) in [6.07, 6.45) is 5.35. The van der Waals surface area contributed by atoms with Crippen LogP contribution in [0.15, 0.2) is 30.3 Å². The van der Waals surface area contributed by atoms with Gasteiger partial charge in [0.15, 0.2) is 0 Å². The van der Waals surface area contributed by atoms with Crippen molar-refractivity contribution >= 4 is 0 Å². The third-order valence-electron chi connectivity index (χ3n) is 4.00. The quantitative estimate of drug-likeness (QED) is 0.811. The first-order chi connectivity index (χ1) is 8.08. The van der Waals surface area contributed by atoms with Crippen molar-refractivity contribution in [1.29, 1.82) is 0 Å². The largest absolute Gasteiger partial charge is 0.311 e. The minimum absolute atomic E-state index is 0.261. The summed E-state index contributed by atoms with van der Waals surface area (Å²) in [5.41, 5.74) is 1.71. The lowest BCUT2D eigenvalue weighted by molar-refractivity contribution is 0.281. The number of hydrogen-bond acceptors (Lipinski definition) is 1. The third kappa shape index (κ3) is 3.32. The Hall–Kier alpha value is -0.820. The molecule has 94 valence electrons. The average Bonchev–Trinajstić information content (AvgIpc) is 2.24. The van der Waals surface area contributed by atoms with Gasteiger partial charge in [0.25, 0.3) is 0 Å². The van der Waals surface area contributed by atoms with Gasteiger partial charge in [-0.2, -0.15) is 0 Å². The Bertz CT molecular complexity index is 338. The summed E-state index contributed by atoms with van der Waals surface area (Å²) in [6, 6.07) is 12.3. The monoisotopic (exact) mass is 231 g/mol. The van der Waals surface area contributed by atoms with Gasteiger partial charge in [0.1, 0.15) is 0 Å². The summed E-state index contributed by atoms with van der Waals surface area (Å²) >= 11 is 0. The fourth-order valence-electron chi connectivity index (χ4n) is 2.81. The van der Waals surface area contributed by atoms with Gasteiger partial charge in [0, 0.05) is 12.1 Å². The first kappa shape index (κ1) is 12.6. The van der Waals surface area contributed by atoms with Gasteiger partial charge in [0.2, 0.25) is 0 Å². The highest BCUT2D eigenvalue weighted by molar-refractivity contribution is 5.23. The molecule has 1 atom stereocenters. The maximum Gasteiger partial charge on any atom is 0.00695 e. The zero-order valence-corrected chi connectivity index (χ0v) is 11.4. The van der Waals surface area contributed by atoms with Crippen LogP contribution in [0.25, 0.3) is 0 Å². The van der Waals surface area contributed by atoms with E-state index >= 15 is 0 Å². The summed E-state index contributed by atoms with van der Waals surface area (Å²) in [7, 11) is 0. The molecule has 0 spiro atoms. The average molecular weight is 231 g/mol. The van der Waals surface area contributed by atoms with E-state index in [-0.39, 0.29) is 5.41 Å². The van der Waals surface area contributed by atoms with Gasteiger partial charge >= 0.3 is 0 Å². The number of rotatable bonds is 5. The van der Waals surface area contributed by atoms with Crippen molar-refractivity contribution in [2.24, 2.45) is 0 Å². The van der Waals surface area contributed by atoms with Crippen LogP contribution < -0.4 is 5.32 Å². The first-order valence-electron chi connectivity index (χ1n) is 6.89. The van der Waals surface area contributed by atoms with Gasteiger partial charge in [-0.05, 0) is 37.2 Å². The number of nitrogens with one attached hydrogen (secondary N) is 1. The number of hydrogen-bond donors (Lipinski definition) is 1. The molecule has 1 aliphatic carbocycles. The van der Waals surface area contributed by atoms with Gasteiger partial charge in [-0.25, -0.2) is 0 Å². The van der Waals surface area contributed by atoms with Crippen LogP contribution in [0, 0.1) is 0 Å². The van der Waals surface area contributed by atoms with E-state index in [2.05, 4.69) is 56.4 Å². The van der Waals surface area contributed by atoms with Gasteiger partial charge < -0.3 is 5.32 Å². The van der Waals surface area contributed by atoms with E-state index in [4.69, 9.17) is 0 Å². The van der Waals surface area contributed by atoms with E-state index in [1.165, 1.54) is 31.2 Å². The summed E-state index contributed by atoms with van der Waals surface area (Å²) < 4.78 is 0. The molecule has 1 nitrogen and oxygen atoms in total. The highest BCUT2D eigenvalue weighted by Crippen LogP contribution is 2.29. The Kier molecular flexibility index (Phi) is 3.88. The predicted octanol–water partition coefficient (Wildman–Crippen LogP) is 3.88. The SMILES string of the molecule is CC(CC(C)(C)c1ccccc1)NC1CCC1. The van der Waals surface area contributed by atoms with Crippen molar-refractivity contribution in [3.05, 3.63) is 35.9 Å². The molecule has 1 heteroatoms. The molecule has 0 aliphatic heterocycles. The van der Waals surface area contributed by atoms with Crippen LogP contribution >= 0.6 is 0 Å². The van der Waals surface area contributed by atoms with Crippen molar-refractivity contribution in [3.63, 3.8) is 0 Å². The van der Waals surface area contributed by atoms with Crippen molar-refractivity contribution in [3.8, 4) is 0 Å². The van der Waals surface area contributed by atoms with E-state index in [9.17, 15) is 0 Å². The molecule has 1 aromatic rings. The van der Waals surface area contributed by atoms with Crippen molar-refractivity contribution in [1.82, 2.24) is 5.32 Å². The lowest BCUT2D eigenvalue weighted by Gasteiger charge is -2.34. The molecular weight excluding hydrogens is 206 g/mol. The summed E-state index contributed by atoms with van der Waals surface area (Å²) in [6.45, 7) is 7.02. The Morgan fingerprint density at radius 2 is 1.88 bits per heavy atom. The van der Waals surface area contributed by atoms with Crippen LogP contribution in [-0.2, 0) is 5.41 Å². The summed E-state index contributed by atoms with van der Waals surface area (Å²) in [4.78, 5) is 0. The molecule has 0 bridgehead atoms. The van der Waals surface area contributed by atoms with Crippen LogP contribution in [0.4, 0.5) is 0 Å². The van der Waals surface area contributed by atoms with Crippen molar-refractivity contribution < 1.29 is 0 Å². The third-order valence-corrected chi connectivity index (χ3v) is 4.00. The van der Waals surface area contributed by atoms with Crippen LogP contribution in [0.2, 0.25) is 0 Å². The second-order valence-corrected chi connectivity index (χ2v) is 6.15. The molecule has 0 radical (unpaired) electrons. The molecule has 1 saturated carbocycles. The van der Waals surface area contributed by atoms with Gasteiger partial charge in [-0.3, -0.25) is 0 Å². The van der Waals surface area contributed by atoms with E-state index in [1.54, 1.807) is 0 Å². The van der Waals surface area contributed by atoms with Crippen LogP contribution in [-0.4, -0.2) is 12.1 Å². The summed E-state index contributed by atoms with van der Waals surface area (Å²) in [5, 5.41) is 3.74. The molecular formula is C16H25N. The predicted molar refractivity (Wildman–Crippen MR) is 74.3 cm³/mol. The molecule has 0 heterocycles. The van der Waals surface area contributed by atoms with Crippen LogP contribution in [0.5, 0.6) is 0 Å². The molecule has 2 rings (SSSR count). The second kappa shape index (κ2) is 5.22. The van der Waals surface area contributed by atoms with Crippen LogP contribution in [0.1, 0.15) is 52.0 Å². The number of benzene rings is 1. The molecule has 1 aromatic carbocycles. The zero-order chi connectivity index (χ0) is 12.3. The standard InChI is InChI=1S/C16H25N/c1-13(17-15-10-7-11-15)12-16(2,3)14-8-5-4-6-9-14/h4-6,8-9,13,15,17H,7,10-12H2,1-3H3. The lowest BCUT2D eigenvalue weighted by Crippen LogP contribution is -2.43. The van der Waals surface area contributed by atoms with E-state index in [0.29, 0.717) is 6.04 Å². The fraction of sp³-hybridized carbons (Fsp3) is 0.625. The highest BCUT2D eigenvalue weighted by Gasteiger charge is 2.25. The Balaban J connectivity index is 1.91. The van der Waals surface area contributed by atoms with E-state index in [0.717, 1.165) is 6.04 Å². The molecule has 1 aliphatic rings. The topological polar surface area (TPSA) is 12.0 Å². The Morgan fingerprint density at radius 1 is 1.24 bits per heavy atom. The molecule has 0 aromatic heterocycles. The minimum atomic E-state index is 0.261. The molecule has 0 saturated heterocycles. The van der Waals surface area contributed by atoms with E-state index in [1.807, 2.05) is 0 Å². The van der Waals surface area contributed by atoms with Gasteiger partial charge in [-0.15, -0.1) is 0 Å². The lowest BCUT2D eigenvalue weighted by atomic mass is 9.79. The van der Waals surface area contributed by atoms with Gasteiger partial charge in [-0.1, -0.05) is 50.6 Å². The van der Waals surface area contributed by atoms with Crippen molar-refractivity contribution in [2.75, 3.05) is 0 Å². The maximum atomic E-state index is 3.74. The maximum absolute atomic E-state index is 3.74. The molecule has 1 fully saturated rings.